The van der Waals surface area contributed by atoms with Crippen LogP contribution < -0.4 is 0 Å². The van der Waals surface area contributed by atoms with Crippen molar-refractivity contribution < 1.29 is 0 Å². The third kappa shape index (κ3) is 1.78. The lowest BCUT2D eigenvalue weighted by Gasteiger charge is -2.04. The van der Waals surface area contributed by atoms with E-state index in [0.717, 1.165) is 13.1 Å². The molecular formula is C11H19N. The van der Waals surface area contributed by atoms with Crippen LogP contribution in [0.25, 0.3) is 0 Å². The van der Waals surface area contributed by atoms with E-state index in [-0.39, 0.29) is 0 Å². The third-order valence-corrected chi connectivity index (χ3v) is 2.43. The van der Waals surface area contributed by atoms with Gasteiger partial charge in [0, 0.05) is 13.1 Å². The molecule has 0 N–H and O–H groups in total. The number of hydrogen-bond donors (Lipinski definition) is 0. The number of nitrogens with zero attached hydrogens (tertiary/aromatic N) is 1. The number of likely N-dealkylation sites (N-methyl/N-ethyl adjacent to an activating group) is 1. The highest BCUT2D eigenvalue weighted by Gasteiger charge is 2.19. The third-order valence-electron chi connectivity index (χ3n) is 2.43. The summed E-state index contributed by atoms with van der Waals surface area (Å²) in [5.74, 6) is 0. The average Bonchev–Trinajstić information content (AvgIpc) is 2.31. The second-order valence-corrected chi connectivity index (χ2v) is 4.13. The lowest BCUT2D eigenvalue weighted by Crippen LogP contribution is -2.12. The lowest BCUT2D eigenvalue weighted by molar-refractivity contribution is 0.436. The Kier molecular flexibility index (Phi) is 2.73. The largest absolute Gasteiger partial charge is 0.298 e. The Bertz CT molecular complexity index is 212. The van der Waals surface area contributed by atoms with Gasteiger partial charge in [-0.25, -0.2) is 0 Å². The van der Waals surface area contributed by atoms with Crippen LogP contribution in [-0.2, 0) is 0 Å². The quantitative estimate of drug-likeness (QED) is 0.533. The summed E-state index contributed by atoms with van der Waals surface area (Å²) in [6, 6.07) is 0. The van der Waals surface area contributed by atoms with Gasteiger partial charge in [-0.15, -0.1) is 0 Å². The molecule has 0 atom stereocenters. The fraction of sp³-hybridized carbons (Fsp3) is 0.636. The van der Waals surface area contributed by atoms with Crippen molar-refractivity contribution in [3.05, 3.63) is 22.3 Å². The first-order chi connectivity index (χ1) is 5.52. The van der Waals surface area contributed by atoms with Crippen LogP contribution in [0.3, 0.4) is 0 Å². The van der Waals surface area contributed by atoms with Crippen molar-refractivity contribution in [2.24, 2.45) is 0 Å². The second kappa shape index (κ2) is 3.44. The second-order valence-electron chi connectivity index (χ2n) is 4.13. The number of hydrogen-bond acceptors (Lipinski definition) is 1. The molecule has 0 amide bonds. The van der Waals surface area contributed by atoms with Crippen molar-refractivity contribution in [3.63, 3.8) is 0 Å². The van der Waals surface area contributed by atoms with Crippen molar-refractivity contribution in [2.45, 2.75) is 27.7 Å². The standard InChI is InChI=1S/C11H19N/c1-8(2)10-6-12(5)7-11(10)9(3)4/h6-7H2,1-5H3. The molecule has 1 fully saturated rings. The zero-order valence-corrected chi connectivity index (χ0v) is 8.86. The molecule has 0 spiro atoms. The molecule has 0 aliphatic carbocycles. The van der Waals surface area contributed by atoms with Gasteiger partial charge in [-0.2, -0.15) is 0 Å². The zero-order valence-electron chi connectivity index (χ0n) is 8.86. The van der Waals surface area contributed by atoms with E-state index in [9.17, 15) is 0 Å². The van der Waals surface area contributed by atoms with Crippen LogP contribution in [0.4, 0.5) is 0 Å². The van der Waals surface area contributed by atoms with Crippen LogP contribution >= 0.6 is 0 Å². The molecule has 0 aromatic carbocycles. The van der Waals surface area contributed by atoms with E-state index in [1.807, 2.05) is 0 Å². The number of allylic oxidation sites excluding steroid dienone is 2. The van der Waals surface area contributed by atoms with Gasteiger partial charge in [0.2, 0.25) is 0 Å². The van der Waals surface area contributed by atoms with Gasteiger partial charge in [-0.3, -0.25) is 4.90 Å². The van der Waals surface area contributed by atoms with Gasteiger partial charge >= 0.3 is 0 Å². The maximum Gasteiger partial charge on any atom is 0.0236 e. The molecule has 1 rings (SSSR count). The van der Waals surface area contributed by atoms with Gasteiger partial charge in [0.15, 0.2) is 0 Å². The van der Waals surface area contributed by atoms with Crippen LogP contribution in [0.15, 0.2) is 22.3 Å². The number of rotatable bonds is 0. The molecule has 0 saturated carbocycles. The van der Waals surface area contributed by atoms with Crippen molar-refractivity contribution in [3.8, 4) is 0 Å². The molecule has 0 radical (unpaired) electrons. The van der Waals surface area contributed by atoms with Crippen molar-refractivity contribution in [2.75, 3.05) is 20.1 Å². The molecule has 1 heterocycles. The molecule has 1 aliphatic heterocycles. The summed E-state index contributed by atoms with van der Waals surface area (Å²) in [7, 11) is 2.18. The molecule has 1 heteroatoms. The molecular weight excluding hydrogens is 146 g/mol. The summed E-state index contributed by atoms with van der Waals surface area (Å²) in [5, 5.41) is 0. The van der Waals surface area contributed by atoms with Crippen molar-refractivity contribution in [1.29, 1.82) is 0 Å². The highest BCUT2D eigenvalue weighted by molar-refractivity contribution is 5.42. The summed E-state index contributed by atoms with van der Waals surface area (Å²) in [5.41, 5.74) is 6.04. The van der Waals surface area contributed by atoms with Gasteiger partial charge in [0.1, 0.15) is 0 Å². The van der Waals surface area contributed by atoms with Crippen molar-refractivity contribution >= 4 is 0 Å². The van der Waals surface area contributed by atoms with Crippen LogP contribution in [0.1, 0.15) is 27.7 Å². The molecule has 0 unspecified atom stereocenters. The van der Waals surface area contributed by atoms with Gasteiger partial charge in [0.05, 0.1) is 0 Å². The SMILES string of the molecule is CC(C)=C1CN(C)CC1=C(C)C. The van der Waals surface area contributed by atoms with Crippen molar-refractivity contribution in [1.82, 2.24) is 4.90 Å². The summed E-state index contributed by atoms with van der Waals surface area (Å²) >= 11 is 0. The highest BCUT2D eigenvalue weighted by Crippen LogP contribution is 2.25. The minimum absolute atomic E-state index is 1.13. The monoisotopic (exact) mass is 165 g/mol. The van der Waals surface area contributed by atoms with Gasteiger partial charge in [-0.05, 0) is 45.9 Å². The first-order valence-electron chi connectivity index (χ1n) is 4.54. The smallest absolute Gasteiger partial charge is 0.0236 e. The summed E-state index contributed by atoms with van der Waals surface area (Å²) < 4.78 is 0. The Balaban J connectivity index is 3.05. The zero-order chi connectivity index (χ0) is 9.30. The van der Waals surface area contributed by atoms with E-state index >= 15 is 0 Å². The minimum atomic E-state index is 1.13. The lowest BCUT2D eigenvalue weighted by atomic mass is 10.0. The fourth-order valence-electron chi connectivity index (χ4n) is 1.71. The van der Waals surface area contributed by atoms with Gasteiger partial charge in [-0.1, -0.05) is 11.1 Å². The Morgan fingerprint density at radius 1 is 0.917 bits per heavy atom. The van der Waals surface area contributed by atoms with E-state index in [1.54, 1.807) is 11.1 Å². The topological polar surface area (TPSA) is 3.24 Å². The predicted molar refractivity (Wildman–Crippen MR) is 54.2 cm³/mol. The fourth-order valence-corrected chi connectivity index (χ4v) is 1.71. The van der Waals surface area contributed by atoms with E-state index in [1.165, 1.54) is 11.1 Å². The Morgan fingerprint density at radius 3 is 1.50 bits per heavy atom. The van der Waals surface area contributed by atoms with E-state index in [2.05, 4.69) is 39.6 Å². The highest BCUT2D eigenvalue weighted by atomic mass is 15.1. The van der Waals surface area contributed by atoms with E-state index in [4.69, 9.17) is 0 Å². The van der Waals surface area contributed by atoms with Gasteiger partial charge in [0.25, 0.3) is 0 Å². The molecule has 1 saturated heterocycles. The van der Waals surface area contributed by atoms with E-state index < -0.39 is 0 Å². The maximum absolute atomic E-state index is 2.37. The summed E-state index contributed by atoms with van der Waals surface area (Å²) in [6.07, 6.45) is 0. The maximum atomic E-state index is 2.37. The van der Waals surface area contributed by atoms with Crippen LogP contribution in [0.2, 0.25) is 0 Å². The van der Waals surface area contributed by atoms with Crippen LogP contribution in [-0.4, -0.2) is 25.0 Å². The Labute approximate surface area is 75.8 Å². The summed E-state index contributed by atoms with van der Waals surface area (Å²) in [6.45, 7) is 11.1. The van der Waals surface area contributed by atoms with Gasteiger partial charge < -0.3 is 0 Å². The predicted octanol–water partition coefficient (Wildman–Crippen LogP) is 2.60. The van der Waals surface area contributed by atoms with Crippen LogP contribution in [0, 0.1) is 0 Å². The Morgan fingerprint density at radius 2 is 1.25 bits per heavy atom. The average molecular weight is 165 g/mol. The molecule has 0 bridgehead atoms. The first kappa shape index (κ1) is 9.53. The minimum Gasteiger partial charge on any atom is -0.298 e. The molecule has 1 nitrogen and oxygen atoms in total. The molecule has 68 valence electrons. The molecule has 1 aliphatic rings. The van der Waals surface area contributed by atoms with E-state index in [0.29, 0.717) is 0 Å². The Hall–Kier alpha value is -0.560. The van der Waals surface area contributed by atoms with Crippen LogP contribution in [0.5, 0.6) is 0 Å². The first-order valence-corrected chi connectivity index (χ1v) is 4.54. The molecule has 0 aromatic heterocycles. The summed E-state index contributed by atoms with van der Waals surface area (Å²) in [4.78, 5) is 2.37. The number of likely N-dealkylation sites (tertiary alicyclic amines) is 1. The molecule has 0 aromatic rings. The normalized spacial score (nSPS) is 18.8. The molecule has 12 heavy (non-hydrogen) atoms.